The number of aliphatic hydroxyl groups is 1. The van der Waals surface area contributed by atoms with Crippen LogP contribution in [0.5, 0.6) is 5.75 Å². The van der Waals surface area contributed by atoms with Crippen LogP contribution in [0.3, 0.4) is 0 Å². The van der Waals surface area contributed by atoms with Gasteiger partial charge in [0.1, 0.15) is 12.4 Å². The van der Waals surface area contributed by atoms with E-state index < -0.39 is 25.1 Å². The van der Waals surface area contributed by atoms with E-state index in [1.165, 1.54) is 0 Å². The lowest BCUT2D eigenvalue weighted by molar-refractivity contribution is -0.0454. The molecule has 1 heterocycles. The van der Waals surface area contributed by atoms with Crippen LogP contribution < -0.4 is 15.4 Å². The molecule has 7 heteroatoms. The molecule has 1 unspecified atom stereocenters. The van der Waals surface area contributed by atoms with E-state index in [1.807, 2.05) is 29.6 Å². The van der Waals surface area contributed by atoms with Crippen LogP contribution in [-0.4, -0.2) is 43.4 Å². The molecule has 1 aliphatic heterocycles. The van der Waals surface area contributed by atoms with Gasteiger partial charge < -0.3 is 20.5 Å². The number of hydrogen-bond acceptors (Lipinski definition) is 3. The summed E-state index contributed by atoms with van der Waals surface area (Å²) in [6.45, 7) is -1.27. The minimum atomic E-state index is -3.30. The van der Waals surface area contributed by atoms with Gasteiger partial charge in [-0.15, -0.1) is 0 Å². The molecular weight excluding hydrogens is 282 g/mol. The molecule has 3 N–H and O–H groups in total. The Bertz CT molecular complexity index is 497. The normalized spacial score (nSPS) is 17.6. The van der Waals surface area contributed by atoms with Gasteiger partial charge in [0.2, 0.25) is 0 Å². The maximum absolute atomic E-state index is 12.8. The van der Waals surface area contributed by atoms with E-state index in [9.17, 15) is 13.6 Å². The largest absolute Gasteiger partial charge is 0.493 e. The highest BCUT2D eigenvalue weighted by molar-refractivity contribution is 5.74. The standard InChI is InChI=1S/C14H18F2N2O3/c15-14(16,9-19)8-18-13(20)17-7-10-5-6-21-12-4-2-1-3-11(10)12/h1-4,10,19H,5-9H2,(H2,17,18,20). The molecule has 1 aromatic carbocycles. The molecule has 0 fully saturated rings. The van der Waals surface area contributed by atoms with Crippen LogP contribution in [0.15, 0.2) is 24.3 Å². The molecule has 21 heavy (non-hydrogen) atoms. The molecule has 1 atom stereocenters. The first-order valence-electron chi connectivity index (χ1n) is 6.74. The first-order chi connectivity index (χ1) is 10.0. The first-order valence-corrected chi connectivity index (χ1v) is 6.74. The van der Waals surface area contributed by atoms with E-state index in [2.05, 4.69) is 5.32 Å². The number of carbonyl (C=O) groups is 1. The molecule has 2 amide bonds. The molecule has 1 aliphatic rings. The lowest BCUT2D eigenvalue weighted by Gasteiger charge is -2.26. The summed E-state index contributed by atoms with van der Waals surface area (Å²) in [5, 5.41) is 13.0. The van der Waals surface area contributed by atoms with Gasteiger partial charge in [0.25, 0.3) is 5.92 Å². The van der Waals surface area contributed by atoms with Gasteiger partial charge in [-0.3, -0.25) is 0 Å². The summed E-state index contributed by atoms with van der Waals surface area (Å²) in [6, 6.07) is 6.88. The Labute approximate surface area is 121 Å². The molecule has 0 spiro atoms. The number of halogens is 2. The summed E-state index contributed by atoms with van der Waals surface area (Å²) in [6.07, 6.45) is 0.754. The van der Waals surface area contributed by atoms with Gasteiger partial charge >= 0.3 is 6.03 Å². The molecule has 116 valence electrons. The Morgan fingerprint density at radius 1 is 1.38 bits per heavy atom. The van der Waals surface area contributed by atoms with Crippen LogP contribution in [0.2, 0.25) is 0 Å². The number of para-hydroxylation sites is 1. The van der Waals surface area contributed by atoms with Crippen LogP contribution in [0.25, 0.3) is 0 Å². The number of nitrogens with one attached hydrogen (secondary N) is 2. The SMILES string of the molecule is O=C(NCC1CCOc2ccccc21)NCC(F)(F)CO. The summed E-state index contributed by atoms with van der Waals surface area (Å²) < 4.78 is 31.1. The lowest BCUT2D eigenvalue weighted by Crippen LogP contribution is -2.44. The predicted octanol–water partition coefficient (Wildman–Crippen LogP) is 1.48. The fraction of sp³-hybridized carbons (Fsp3) is 0.500. The van der Waals surface area contributed by atoms with E-state index in [0.29, 0.717) is 13.2 Å². The van der Waals surface area contributed by atoms with Crippen molar-refractivity contribution < 1.29 is 23.4 Å². The molecule has 0 saturated carbocycles. The summed E-state index contributed by atoms with van der Waals surface area (Å²) in [5.41, 5.74) is 1.00. The van der Waals surface area contributed by atoms with Crippen molar-refractivity contribution in [3.8, 4) is 5.75 Å². The molecule has 0 aromatic heterocycles. The van der Waals surface area contributed by atoms with Crippen molar-refractivity contribution in [2.45, 2.75) is 18.3 Å². The van der Waals surface area contributed by atoms with Gasteiger partial charge in [0.05, 0.1) is 13.2 Å². The summed E-state index contributed by atoms with van der Waals surface area (Å²) in [7, 11) is 0. The van der Waals surface area contributed by atoms with Crippen molar-refractivity contribution >= 4 is 6.03 Å². The van der Waals surface area contributed by atoms with Gasteiger partial charge in [-0.2, -0.15) is 0 Å². The van der Waals surface area contributed by atoms with E-state index in [0.717, 1.165) is 17.7 Å². The van der Waals surface area contributed by atoms with E-state index in [-0.39, 0.29) is 5.92 Å². The fourth-order valence-corrected chi connectivity index (χ4v) is 2.17. The lowest BCUT2D eigenvalue weighted by atomic mass is 9.93. The number of hydrogen-bond donors (Lipinski definition) is 3. The summed E-state index contributed by atoms with van der Waals surface area (Å²) >= 11 is 0. The molecule has 0 radical (unpaired) electrons. The quantitative estimate of drug-likeness (QED) is 0.771. The van der Waals surface area contributed by atoms with E-state index in [1.54, 1.807) is 0 Å². The van der Waals surface area contributed by atoms with E-state index in [4.69, 9.17) is 9.84 Å². The van der Waals surface area contributed by atoms with Crippen LogP contribution in [0, 0.1) is 0 Å². The second kappa shape index (κ2) is 6.71. The average molecular weight is 300 g/mol. The third-order valence-corrected chi connectivity index (χ3v) is 3.33. The maximum Gasteiger partial charge on any atom is 0.315 e. The maximum atomic E-state index is 12.8. The Hall–Kier alpha value is -1.89. The number of benzene rings is 1. The van der Waals surface area contributed by atoms with Gasteiger partial charge in [0, 0.05) is 12.5 Å². The van der Waals surface area contributed by atoms with Gasteiger partial charge in [-0.05, 0) is 18.1 Å². The predicted molar refractivity (Wildman–Crippen MR) is 72.7 cm³/mol. The Morgan fingerprint density at radius 2 is 2.14 bits per heavy atom. The number of urea groups is 1. The average Bonchev–Trinajstić information content (AvgIpc) is 2.51. The zero-order valence-electron chi connectivity index (χ0n) is 11.4. The van der Waals surface area contributed by atoms with Crippen LogP contribution in [0.4, 0.5) is 13.6 Å². The summed E-state index contributed by atoms with van der Waals surface area (Å²) in [4.78, 5) is 11.5. The van der Waals surface area contributed by atoms with Gasteiger partial charge in [-0.1, -0.05) is 18.2 Å². The smallest absolute Gasteiger partial charge is 0.315 e. The zero-order valence-corrected chi connectivity index (χ0v) is 11.4. The van der Waals surface area contributed by atoms with Crippen molar-refractivity contribution in [1.29, 1.82) is 0 Å². The third-order valence-electron chi connectivity index (χ3n) is 3.33. The van der Waals surface area contributed by atoms with Crippen LogP contribution in [-0.2, 0) is 0 Å². The molecule has 1 aromatic rings. The number of rotatable bonds is 5. The molecule has 5 nitrogen and oxygen atoms in total. The van der Waals surface area contributed by atoms with Crippen molar-refractivity contribution in [2.24, 2.45) is 0 Å². The number of carbonyl (C=O) groups excluding carboxylic acids is 1. The molecule has 0 bridgehead atoms. The molecule has 0 saturated heterocycles. The molecule has 0 aliphatic carbocycles. The van der Waals surface area contributed by atoms with Crippen LogP contribution >= 0.6 is 0 Å². The van der Waals surface area contributed by atoms with Crippen LogP contribution in [0.1, 0.15) is 17.9 Å². The van der Waals surface area contributed by atoms with Crippen molar-refractivity contribution in [3.05, 3.63) is 29.8 Å². The Balaban J connectivity index is 1.83. The second-order valence-electron chi connectivity index (χ2n) is 4.95. The second-order valence-corrected chi connectivity index (χ2v) is 4.95. The highest BCUT2D eigenvalue weighted by Gasteiger charge is 2.28. The monoisotopic (exact) mass is 300 g/mol. The number of fused-ring (bicyclic) bond motifs is 1. The van der Waals surface area contributed by atoms with Gasteiger partial charge in [-0.25, -0.2) is 13.6 Å². The van der Waals surface area contributed by atoms with Crippen molar-refractivity contribution in [1.82, 2.24) is 10.6 Å². The van der Waals surface area contributed by atoms with Gasteiger partial charge in [0.15, 0.2) is 0 Å². The highest BCUT2D eigenvalue weighted by Crippen LogP contribution is 2.32. The van der Waals surface area contributed by atoms with Crippen molar-refractivity contribution in [2.75, 3.05) is 26.3 Å². The first kappa shape index (κ1) is 15.5. The summed E-state index contributed by atoms with van der Waals surface area (Å²) in [5.74, 6) is -2.41. The number of ether oxygens (including phenoxy) is 1. The van der Waals surface area contributed by atoms with E-state index >= 15 is 0 Å². The number of amides is 2. The number of aliphatic hydroxyl groups excluding tert-OH is 1. The minimum absolute atomic E-state index is 0.0963. The zero-order chi connectivity index (χ0) is 15.3. The topological polar surface area (TPSA) is 70.6 Å². The fourth-order valence-electron chi connectivity index (χ4n) is 2.17. The Kier molecular flexibility index (Phi) is 4.95. The molecule has 2 rings (SSSR count). The third kappa shape index (κ3) is 4.29. The minimum Gasteiger partial charge on any atom is -0.493 e. The Morgan fingerprint density at radius 3 is 2.90 bits per heavy atom. The highest BCUT2D eigenvalue weighted by atomic mass is 19.3. The number of alkyl halides is 2. The van der Waals surface area contributed by atoms with Crippen molar-refractivity contribution in [3.63, 3.8) is 0 Å². The molecular formula is C14H18F2N2O3.